The summed E-state index contributed by atoms with van der Waals surface area (Å²) in [6.45, 7) is 4.15. The van der Waals surface area contributed by atoms with Crippen LogP contribution in [0.3, 0.4) is 0 Å². The molecule has 178 valence electrons. The third-order valence-electron chi connectivity index (χ3n) is 7.96. The van der Waals surface area contributed by atoms with Gasteiger partial charge in [-0.2, -0.15) is 8.42 Å². The first-order valence-electron chi connectivity index (χ1n) is 11.5. The normalized spacial score (nSPS) is 34.2. The van der Waals surface area contributed by atoms with Gasteiger partial charge in [-0.05, 0) is 29.7 Å². The molecule has 1 aromatic carbocycles. The minimum absolute atomic E-state index is 0.0505. The number of hydrogen-bond donors (Lipinski definition) is 1. The fourth-order valence-corrected chi connectivity index (χ4v) is 7.57. The van der Waals surface area contributed by atoms with Gasteiger partial charge in [0.25, 0.3) is 10.1 Å². The number of rotatable bonds is 9. The summed E-state index contributed by atoms with van der Waals surface area (Å²) in [6, 6.07) is 9.80. The van der Waals surface area contributed by atoms with Gasteiger partial charge in [-0.25, -0.2) is 0 Å². The molecule has 0 amide bonds. The molecule has 0 radical (unpaired) electrons. The summed E-state index contributed by atoms with van der Waals surface area (Å²) in [7, 11) is -3.91. The highest BCUT2D eigenvalue weighted by Gasteiger charge is 2.65. The summed E-state index contributed by atoms with van der Waals surface area (Å²) in [5.74, 6) is 0.0288. The maximum atomic E-state index is 12.9. The van der Waals surface area contributed by atoms with E-state index in [0.29, 0.717) is 32.3 Å². The average Bonchev–Trinajstić information content (AvgIpc) is 3.11. The number of carbonyl (C=O) groups excluding carboxylic acids is 1. The predicted octanol–water partition coefficient (Wildman–Crippen LogP) is 2.85. The van der Waals surface area contributed by atoms with Gasteiger partial charge in [0.1, 0.15) is 5.78 Å². The number of hydrogen-bond acceptors (Lipinski definition) is 7. The van der Waals surface area contributed by atoms with Gasteiger partial charge < -0.3 is 14.6 Å². The van der Waals surface area contributed by atoms with Gasteiger partial charge in [0.05, 0.1) is 49.3 Å². The van der Waals surface area contributed by atoms with Crippen molar-refractivity contribution in [3.8, 4) is 0 Å². The quantitative estimate of drug-likeness (QED) is 0.559. The molecule has 1 heterocycles. The van der Waals surface area contributed by atoms with Gasteiger partial charge >= 0.3 is 0 Å². The molecule has 7 nitrogen and oxygen atoms in total. The van der Waals surface area contributed by atoms with Crippen LogP contribution in [0.4, 0.5) is 0 Å². The van der Waals surface area contributed by atoms with Crippen molar-refractivity contribution in [1.29, 1.82) is 0 Å². The van der Waals surface area contributed by atoms with Gasteiger partial charge in [0, 0.05) is 19.3 Å². The highest BCUT2D eigenvalue weighted by molar-refractivity contribution is 7.86. The molecule has 3 fully saturated rings. The molecule has 0 spiro atoms. The van der Waals surface area contributed by atoms with E-state index in [0.717, 1.165) is 12.0 Å². The average molecular weight is 467 g/mol. The van der Waals surface area contributed by atoms with E-state index >= 15 is 0 Å². The molecule has 32 heavy (non-hydrogen) atoms. The van der Waals surface area contributed by atoms with Crippen molar-refractivity contribution in [2.24, 2.45) is 16.7 Å². The molecular weight excluding hydrogens is 432 g/mol. The van der Waals surface area contributed by atoms with Crippen molar-refractivity contribution in [3.63, 3.8) is 0 Å². The number of Topliss-reactive ketones (excluding diaryl/α,β-unsaturated/α-hetero) is 1. The van der Waals surface area contributed by atoms with Crippen LogP contribution in [0.2, 0.25) is 0 Å². The molecule has 2 bridgehead atoms. The zero-order valence-corrected chi connectivity index (χ0v) is 19.7. The topological polar surface area (TPSA) is 99.1 Å². The van der Waals surface area contributed by atoms with E-state index < -0.39 is 27.7 Å². The van der Waals surface area contributed by atoms with Crippen LogP contribution in [0.15, 0.2) is 30.3 Å². The molecule has 8 heteroatoms. The molecule has 0 unspecified atom stereocenters. The number of fused-ring (bicyclic) bond motifs is 2. The van der Waals surface area contributed by atoms with Crippen molar-refractivity contribution in [3.05, 3.63) is 35.9 Å². The Morgan fingerprint density at radius 1 is 1.16 bits per heavy atom. The standard InChI is InChI=1S/C24H34O7S/c1-23(2)18-8-9-24(23,22(26)10-18)16-32(27,28)30-15-21-12-19(11-20(13-25)31-21)29-14-17-6-4-3-5-7-17/h3-7,18-21,25H,8-16H2,1-2H3/t18-,19-,20-,21+,24-/m0/s1. The molecule has 2 saturated carbocycles. The molecule has 0 aromatic heterocycles. The largest absolute Gasteiger partial charge is 0.394 e. The van der Waals surface area contributed by atoms with Crippen LogP contribution in [-0.4, -0.2) is 56.6 Å². The molecule has 4 rings (SSSR count). The molecular formula is C24H34O7S. The molecule has 3 aliphatic rings. The Labute approximate surface area is 190 Å². The van der Waals surface area contributed by atoms with Crippen LogP contribution in [0.1, 0.15) is 51.5 Å². The maximum absolute atomic E-state index is 12.9. The van der Waals surface area contributed by atoms with Crippen LogP contribution in [0.25, 0.3) is 0 Å². The summed E-state index contributed by atoms with van der Waals surface area (Å²) >= 11 is 0. The smallest absolute Gasteiger partial charge is 0.268 e. The highest BCUT2D eigenvalue weighted by Crippen LogP contribution is 2.64. The molecule has 2 aliphatic carbocycles. The lowest BCUT2D eigenvalue weighted by Gasteiger charge is -2.36. The van der Waals surface area contributed by atoms with Crippen LogP contribution in [0, 0.1) is 16.7 Å². The number of ether oxygens (including phenoxy) is 2. The van der Waals surface area contributed by atoms with E-state index in [1.165, 1.54) is 0 Å². The molecule has 5 atom stereocenters. The van der Waals surface area contributed by atoms with Gasteiger partial charge in [0.2, 0.25) is 0 Å². The third kappa shape index (κ3) is 4.66. The van der Waals surface area contributed by atoms with Crippen LogP contribution in [0.5, 0.6) is 0 Å². The molecule has 1 saturated heterocycles. The fourth-order valence-electron chi connectivity index (χ4n) is 5.85. The van der Waals surface area contributed by atoms with E-state index in [2.05, 4.69) is 0 Å². The lowest BCUT2D eigenvalue weighted by atomic mass is 9.70. The van der Waals surface area contributed by atoms with Gasteiger partial charge in [-0.15, -0.1) is 0 Å². The second kappa shape index (κ2) is 9.14. The summed E-state index contributed by atoms with van der Waals surface area (Å²) < 4.78 is 43.0. The first kappa shape index (κ1) is 23.8. The first-order chi connectivity index (χ1) is 15.1. The summed E-state index contributed by atoms with van der Waals surface area (Å²) in [5.41, 5.74) is -0.132. The van der Waals surface area contributed by atoms with Crippen molar-refractivity contribution in [1.82, 2.24) is 0 Å². The number of ketones is 1. The fraction of sp³-hybridized carbons (Fsp3) is 0.708. The Morgan fingerprint density at radius 3 is 2.50 bits per heavy atom. The van der Waals surface area contributed by atoms with E-state index in [9.17, 15) is 18.3 Å². The predicted molar refractivity (Wildman–Crippen MR) is 118 cm³/mol. The second-order valence-corrected chi connectivity index (χ2v) is 11.7. The van der Waals surface area contributed by atoms with Gasteiger partial charge in [-0.1, -0.05) is 44.2 Å². The number of benzene rings is 1. The minimum atomic E-state index is -3.91. The van der Waals surface area contributed by atoms with E-state index in [4.69, 9.17) is 13.7 Å². The zero-order chi connectivity index (χ0) is 23.0. The molecule has 1 aromatic rings. The second-order valence-electron chi connectivity index (χ2n) is 10.1. The SMILES string of the molecule is CC1(C)[C@H]2CC[C@]1(CS(=O)(=O)OC[C@H]1C[C@@H](OCc3ccccc3)C[C@@H](CO)O1)C(=O)C2. The number of aliphatic hydroxyl groups excluding tert-OH is 1. The Kier molecular flexibility index (Phi) is 6.81. The summed E-state index contributed by atoms with van der Waals surface area (Å²) in [6.07, 6.45) is 1.89. The minimum Gasteiger partial charge on any atom is -0.394 e. The summed E-state index contributed by atoms with van der Waals surface area (Å²) in [4.78, 5) is 12.7. The number of aliphatic hydroxyl groups is 1. The zero-order valence-electron chi connectivity index (χ0n) is 18.9. The van der Waals surface area contributed by atoms with Crippen molar-refractivity contribution >= 4 is 15.9 Å². The van der Waals surface area contributed by atoms with E-state index in [1.54, 1.807) is 0 Å². The van der Waals surface area contributed by atoms with Crippen molar-refractivity contribution in [2.75, 3.05) is 19.0 Å². The number of carbonyl (C=O) groups is 1. The monoisotopic (exact) mass is 466 g/mol. The Bertz CT molecular complexity index is 914. The maximum Gasteiger partial charge on any atom is 0.268 e. The van der Waals surface area contributed by atoms with Crippen molar-refractivity contribution < 1.29 is 32.0 Å². The van der Waals surface area contributed by atoms with Crippen molar-refractivity contribution in [2.45, 2.75) is 70.9 Å². The Hall–Kier alpha value is -1.32. The van der Waals surface area contributed by atoms with Gasteiger partial charge in [-0.3, -0.25) is 8.98 Å². The van der Waals surface area contributed by atoms with E-state index in [1.807, 2.05) is 44.2 Å². The van der Waals surface area contributed by atoms with Crippen LogP contribution >= 0.6 is 0 Å². The lowest BCUT2D eigenvalue weighted by Crippen LogP contribution is -2.44. The lowest BCUT2D eigenvalue weighted by molar-refractivity contribution is -0.139. The van der Waals surface area contributed by atoms with Crippen LogP contribution < -0.4 is 0 Å². The third-order valence-corrected chi connectivity index (χ3v) is 9.31. The Balaban J connectivity index is 1.35. The van der Waals surface area contributed by atoms with Crippen LogP contribution in [-0.2, 0) is 35.2 Å². The highest BCUT2D eigenvalue weighted by atomic mass is 32.2. The summed E-state index contributed by atoms with van der Waals surface area (Å²) in [5, 5.41) is 9.61. The molecule has 1 aliphatic heterocycles. The Morgan fingerprint density at radius 2 is 1.88 bits per heavy atom. The van der Waals surface area contributed by atoms with Gasteiger partial charge in [0.15, 0.2) is 0 Å². The first-order valence-corrected chi connectivity index (χ1v) is 13.1. The molecule has 1 N–H and O–H groups in total. The van der Waals surface area contributed by atoms with E-state index in [-0.39, 0.29) is 42.2 Å².